The lowest BCUT2D eigenvalue weighted by Crippen LogP contribution is -2.43. The molecule has 0 fully saturated rings. The molecule has 2 rings (SSSR count). The Kier molecular flexibility index (Phi) is 7.37. The van der Waals surface area contributed by atoms with Crippen molar-refractivity contribution in [2.45, 2.75) is 46.3 Å². The summed E-state index contributed by atoms with van der Waals surface area (Å²) in [7, 11) is 0. The van der Waals surface area contributed by atoms with Crippen molar-refractivity contribution in [3.8, 4) is 5.75 Å². The van der Waals surface area contributed by atoms with Crippen LogP contribution in [0.25, 0.3) is 0 Å². The first-order valence-corrected chi connectivity index (χ1v) is 9.18. The van der Waals surface area contributed by atoms with Crippen molar-refractivity contribution < 1.29 is 4.74 Å². The van der Waals surface area contributed by atoms with E-state index in [0.717, 1.165) is 50.9 Å². The van der Waals surface area contributed by atoms with Gasteiger partial charge in [0, 0.05) is 19.0 Å². The summed E-state index contributed by atoms with van der Waals surface area (Å²) in [5, 5.41) is 6.75. The molecule has 5 nitrogen and oxygen atoms in total. The van der Waals surface area contributed by atoms with E-state index in [2.05, 4.69) is 55.4 Å². The molecule has 0 saturated heterocycles. The topological polar surface area (TPSA) is 48.9 Å². The Morgan fingerprint density at radius 1 is 1.25 bits per heavy atom. The molecular formula is C19H32N4O. The highest BCUT2D eigenvalue weighted by Crippen LogP contribution is 2.27. The minimum atomic E-state index is 0.173. The van der Waals surface area contributed by atoms with Crippen LogP contribution in [0.2, 0.25) is 0 Å². The molecule has 1 aliphatic heterocycles. The molecule has 2 N–H and O–H groups in total. The molecule has 2 atom stereocenters. The zero-order valence-electron chi connectivity index (χ0n) is 15.5. The fraction of sp³-hybridized carbons (Fsp3) is 0.632. The van der Waals surface area contributed by atoms with Gasteiger partial charge in [-0.05, 0) is 38.6 Å². The van der Waals surface area contributed by atoms with E-state index in [1.54, 1.807) is 0 Å². The van der Waals surface area contributed by atoms with E-state index in [1.165, 1.54) is 5.56 Å². The molecule has 0 bridgehead atoms. The molecule has 1 heterocycles. The second kappa shape index (κ2) is 9.52. The summed E-state index contributed by atoms with van der Waals surface area (Å²) in [6, 6.07) is 8.72. The third-order valence-corrected chi connectivity index (χ3v) is 4.50. The van der Waals surface area contributed by atoms with Gasteiger partial charge in [0.15, 0.2) is 5.96 Å². The lowest BCUT2D eigenvalue weighted by molar-refractivity contribution is 0.233. The number of guanidine groups is 1. The second-order valence-electron chi connectivity index (χ2n) is 6.22. The van der Waals surface area contributed by atoms with E-state index in [9.17, 15) is 0 Å². The number of aliphatic imine (C=N–C) groups is 1. The van der Waals surface area contributed by atoms with E-state index >= 15 is 0 Å². The fourth-order valence-electron chi connectivity index (χ4n) is 3.11. The molecule has 1 aliphatic rings. The van der Waals surface area contributed by atoms with E-state index < -0.39 is 0 Å². The smallest absolute Gasteiger partial charge is 0.191 e. The number of nitrogens with one attached hydrogen (secondary N) is 2. The van der Waals surface area contributed by atoms with Crippen LogP contribution >= 0.6 is 0 Å². The van der Waals surface area contributed by atoms with Gasteiger partial charge >= 0.3 is 0 Å². The van der Waals surface area contributed by atoms with E-state index in [1.807, 2.05) is 12.1 Å². The van der Waals surface area contributed by atoms with Crippen LogP contribution in [0.4, 0.5) is 0 Å². The van der Waals surface area contributed by atoms with Crippen LogP contribution in [0.3, 0.4) is 0 Å². The number of benzene rings is 1. The lowest BCUT2D eigenvalue weighted by atomic mass is 10.1. The molecule has 2 unspecified atom stereocenters. The first kappa shape index (κ1) is 18.6. The Balaban J connectivity index is 1.84. The van der Waals surface area contributed by atoms with Crippen molar-refractivity contribution in [1.29, 1.82) is 0 Å². The molecular weight excluding hydrogens is 300 g/mol. The van der Waals surface area contributed by atoms with Crippen molar-refractivity contribution >= 4 is 5.96 Å². The Morgan fingerprint density at radius 3 is 2.67 bits per heavy atom. The van der Waals surface area contributed by atoms with Gasteiger partial charge in [0.25, 0.3) is 0 Å². The Morgan fingerprint density at radius 2 is 2.00 bits per heavy atom. The molecule has 1 aromatic rings. The van der Waals surface area contributed by atoms with E-state index in [-0.39, 0.29) is 6.10 Å². The highest BCUT2D eigenvalue weighted by Gasteiger charge is 2.22. The third-order valence-electron chi connectivity index (χ3n) is 4.50. The summed E-state index contributed by atoms with van der Waals surface area (Å²) >= 11 is 0. The molecule has 134 valence electrons. The van der Waals surface area contributed by atoms with Gasteiger partial charge in [-0.25, -0.2) is 0 Å². The Bertz CT molecular complexity index is 503. The summed E-state index contributed by atoms with van der Waals surface area (Å²) in [6.07, 6.45) is 1.13. The second-order valence-corrected chi connectivity index (χ2v) is 6.22. The van der Waals surface area contributed by atoms with Crippen LogP contribution in [-0.4, -0.2) is 55.7 Å². The van der Waals surface area contributed by atoms with Gasteiger partial charge in [-0.2, -0.15) is 0 Å². The predicted molar refractivity (Wildman–Crippen MR) is 101 cm³/mol. The fourth-order valence-corrected chi connectivity index (χ4v) is 3.11. The Labute approximate surface area is 146 Å². The number of ether oxygens (including phenoxy) is 1. The normalized spacial score (nSPS) is 18.2. The molecule has 24 heavy (non-hydrogen) atoms. The van der Waals surface area contributed by atoms with Gasteiger partial charge in [-0.1, -0.05) is 32.0 Å². The number of nitrogens with zero attached hydrogens (tertiary/aromatic N) is 2. The van der Waals surface area contributed by atoms with Crippen LogP contribution in [0.1, 0.15) is 33.3 Å². The lowest BCUT2D eigenvalue weighted by Gasteiger charge is -2.25. The van der Waals surface area contributed by atoms with Gasteiger partial charge in [-0.15, -0.1) is 0 Å². The summed E-state index contributed by atoms with van der Waals surface area (Å²) in [5.41, 5.74) is 1.29. The van der Waals surface area contributed by atoms with Crippen molar-refractivity contribution in [3.05, 3.63) is 29.8 Å². The molecule has 1 aromatic carbocycles. The molecule has 0 radical (unpaired) electrons. The van der Waals surface area contributed by atoms with Gasteiger partial charge in [0.2, 0.25) is 0 Å². The molecule has 0 aromatic heterocycles. The first-order valence-electron chi connectivity index (χ1n) is 9.18. The number of rotatable bonds is 8. The molecule has 0 amide bonds. The quantitative estimate of drug-likeness (QED) is 0.566. The zero-order valence-corrected chi connectivity index (χ0v) is 15.5. The van der Waals surface area contributed by atoms with Crippen molar-refractivity contribution in [2.24, 2.45) is 4.99 Å². The molecule has 0 aliphatic carbocycles. The van der Waals surface area contributed by atoms with Gasteiger partial charge in [0.05, 0.1) is 13.1 Å². The van der Waals surface area contributed by atoms with Crippen LogP contribution in [-0.2, 0) is 6.42 Å². The highest BCUT2D eigenvalue weighted by molar-refractivity contribution is 5.79. The number of hydrogen-bond donors (Lipinski definition) is 2. The number of para-hydroxylation sites is 1. The minimum Gasteiger partial charge on any atom is -0.488 e. The van der Waals surface area contributed by atoms with E-state index in [0.29, 0.717) is 6.04 Å². The monoisotopic (exact) mass is 332 g/mol. The third kappa shape index (κ3) is 5.13. The number of fused-ring (bicyclic) bond motifs is 1. The first-order chi connectivity index (χ1) is 11.7. The minimum absolute atomic E-state index is 0.173. The average Bonchev–Trinajstić information content (AvgIpc) is 3.01. The van der Waals surface area contributed by atoms with Crippen molar-refractivity contribution in [1.82, 2.24) is 15.5 Å². The molecule has 5 heteroatoms. The summed E-state index contributed by atoms with van der Waals surface area (Å²) in [5.74, 6) is 1.89. The molecule has 0 spiro atoms. The Hall–Kier alpha value is -1.75. The zero-order chi connectivity index (χ0) is 17.4. The average molecular weight is 332 g/mol. The maximum atomic E-state index is 5.98. The van der Waals surface area contributed by atoms with Gasteiger partial charge < -0.3 is 15.4 Å². The number of hydrogen-bond acceptors (Lipinski definition) is 3. The summed E-state index contributed by atoms with van der Waals surface area (Å²) in [4.78, 5) is 7.16. The van der Waals surface area contributed by atoms with Crippen LogP contribution in [0.5, 0.6) is 5.75 Å². The van der Waals surface area contributed by atoms with Gasteiger partial charge in [-0.3, -0.25) is 9.89 Å². The standard InChI is InChI=1S/C19H32N4O/c1-5-20-19(21-13-15(4)23(6-2)7-3)22-14-17-12-16-10-8-9-11-18(16)24-17/h8-11,15,17H,5-7,12-14H2,1-4H3,(H2,20,21,22). The SMILES string of the molecule is CCNC(=NCC(C)N(CC)CC)NCC1Cc2ccccc2O1. The maximum absolute atomic E-state index is 5.98. The largest absolute Gasteiger partial charge is 0.488 e. The van der Waals surface area contributed by atoms with E-state index in [4.69, 9.17) is 9.73 Å². The maximum Gasteiger partial charge on any atom is 0.191 e. The van der Waals surface area contributed by atoms with Crippen LogP contribution in [0, 0.1) is 0 Å². The van der Waals surface area contributed by atoms with Gasteiger partial charge in [0.1, 0.15) is 11.9 Å². The summed E-state index contributed by atoms with van der Waals surface area (Å²) < 4.78 is 5.98. The molecule has 0 saturated carbocycles. The van der Waals surface area contributed by atoms with Crippen molar-refractivity contribution in [2.75, 3.05) is 32.7 Å². The summed E-state index contributed by atoms with van der Waals surface area (Å²) in [6.45, 7) is 13.3. The number of likely N-dealkylation sites (N-methyl/N-ethyl adjacent to an activating group) is 1. The van der Waals surface area contributed by atoms with Crippen molar-refractivity contribution in [3.63, 3.8) is 0 Å². The van der Waals surface area contributed by atoms with Crippen LogP contribution in [0.15, 0.2) is 29.3 Å². The van der Waals surface area contributed by atoms with Crippen LogP contribution < -0.4 is 15.4 Å². The predicted octanol–water partition coefficient (Wildman–Crippen LogP) is 2.28. The highest BCUT2D eigenvalue weighted by atomic mass is 16.5.